The molecule has 1 aliphatic rings. The first-order valence-corrected chi connectivity index (χ1v) is 13.1. The molecule has 0 amide bonds. The second-order valence-electron chi connectivity index (χ2n) is 9.32. The molecule has 3 aromatic carbocycles. The quantitative estimate of drug-likeness (QED) is 0.175. The lowest BCUT2D eigenvalue weighted by Gasteiger charge is -2.36. The van der Waals surface area contributed by atoms with Crippen LogP contribution in [0, 0.1) is 0 Å². The van der Waals surface area contributed by atoms with Crippen LogP contribution >= 0.6 is 0 Å². The van der Waals surface area contributed by atoms with Crippen LogP contribution in [0.15, 0.2) is 72.8 Å². The third kappa shape index (κ3) is 8.56. The van der Waals surface area contributed by atoms with Crippen LogP contribution < -0.4 is 19.7 Å². The molecule has 1 heterocycles. The molecule has 1 unspecified atom stereocenters. The number of hydrogen-bond donors (Lipinski definition) is 3. The van der Waals surface area contributed by atoms with Crippen molar-refractivity contribution in [3.63, 3.8) is 0 Å². The van der Waals surface area contributed by atoms with Crippen LogP contribution in [-0.2, 0) is 22.5 Å². The van der Waals surface area contributed by atoms with Gasteiger partial charge in [-0.05, 0) is 61.1 Å². The highest BCUT2D eigenvalue weighted by atomic mass is 16.8. The molecule has 1 aliphatic heterocycles. The third-order valence-electron chi connectivity index (χ3n) is 6.38. The minimum Gasteiger partial charge on any atom is -0.494 e. The van der Waals surface area contributed by atoms with E-state index in [9.17, 15) is 9.59 Å². The summed E-state index contributed by atoms with van der Waals surface area (Å²) in [5, 5.41) is 21.4. The minimum absolute atomic E-state index is 0.0164. The predicted molar refractivity (Wildman–Crippen MR) is 148 cm³/mol. The summed E-state index contributed by atoms with van der Waals surface area (Å²) in [6, 6.07) is 23.9. The highest BCUT2D eigenvalue weighted by molar-refractivity contribution is 5.73. The molecule has 0 aromatic heterocycles. The lowest BCUT2D eigenvalue weighted by molar-refractivity contribution is -0.137. The Bertz CT molecular complexity index is 1220. The molecule has 206 valence electrons. The molecular weight excluding hydrogens is 500 g/mol. The van der Waals surface area contributed by atoms with Crippen LogP contribution in [0.1, 0.15) is 36.8 Å². The molecule has 9 heteroatoms. The molecule has 3 aromatic rings. The molecule has 0 saturated heterocycles. The smallest absolute Gasteiger partial charge is 0.494 e. The Morgan fingerprint density at radius 1 is 0.923 bits per heavy atom. The van der Waals surface area contributed by atoms with Crippen molar-refractivity contribution >= 4 is 23.5 Å². The van der Waals surface area contributed by atoms with Crippen LogP contribution in [-0.4, -0.2) is 48.3 Å². The van der Waals surface area contributed by atoms with E-state index in [-0.39, 0.29) is 13.0 Å². The van der Waals surface area contributed by atoms with E-state index in [4.69, 9.17) is 24.4 Å². The summed E-state index contributed by atoms with van der Waals surface area (Å²) in [6.45, 7) is 1.79. The average molecular weight is 535 g/mol. The first kappa shape index (κ1) is 27.6. The van der Waals surface area contributed by atoms with E-state index >= 15 is 0 Å². The Morgan fingerprint density at radius 2 is 1.72 bits per heavy atom. The van der Waals surface area contributed by atoms with Crippen molar-refractivity contribution in [2.75, 3.05) is 29.9 Å². The highest BCUT2D eigenvalue weighted by Crippen LogP contribution is 2.40. The van der Waals surface area contributed by atoms with Gasteiger partial charge in [0.05, 0.1) is 24.5 Å². The van der Waals surface area contributed by atoms with Crippen molar-refractivity contribution in [2.45, 2.75) is 44.9 Å². The van der Waals surface area contributed by atoms with E-state index in [1.807, 2.05) is 53.4 Å². The van der Waals surface area contributed by atoms with Crippen LogP contribution in [0.3, 0.4) is 0 Å². The van der Waals surface area contributed by atoms with E-state index in [2.05, 4.69) is 29.6 Å². The Balaban J connectivity index is 1.31. The Morgan fingerprint density at radius 3 is 2.46 bits per heavy atom. The number of aryl methyl sites for hydroxylation is 1. The molecule has 4 rings (SSSR count). The van der Waals surface area contributed by atoms with E-state index < -0.39 is 18.4 Å². The van der Waals surface area contributed by atoms with Crippen molar-refractivity contribution in [3.05, 3.63) is 83.9 Å². The first-order chi connectivity index (χ1) is 19.0. The number of carboxylic acid groups (broad SMARTS) is 2. The zero-order valence-corrected chi connectivity index (χ0v) is 21.8. The number of benzene rings is 3. The number of nitrogens with zero attached hydrogens (tertiary/aromatic N) is 1. The maximum Gasteiger partial charge on any atom is 0.508 e. The number of nitrogens with one attached hydrogen (secondary N) is 1. The summed E-state index contributed by atoms with van der Waals surface area (Å²) in [4.78, 5) is 24.0. The van der Waals surface area contributed by atoms with E-state index in [1.54, 1.807) is 0 Å². The highest BCUT2D eigenvalue weighted by Gasteiger charge is 2.30. The normalized spacial score (nSPS) is 14.2. The van der Waals surface area contributed by atoms with E-state index in [0.29, 0.717) is 37.6 Å². The van der Waals surface area contributed by atoms with Gasteiger partial charge in [-0.3, -0.25) is 4.79 Å². The van der Waals surface area contributed by atoms with Gasteiger partial charge in [0.25, 0.3) is 6.29 Å². The standard InChI is InChI=1S/C30H34N2O7/c33-27(34)13-7-18-32-21-28(39-30(35)36)38-29-25(11-6-12-26(29)32)31-20-23-14-16-24(17-15-23)37-19-5-4-10-22-8-2-1-3-9-22/h1-3,6,8-9,11-12,14-17,28,31H,4-5,7,10,13,18-21H2,(H,33,34)(H,35,36). The lowest BCUT2D eigenvalue weighted by atomic mass is 10.1. The summed E-state index contributed by atoms with van der Waals surface area (Å²) in [6.07, 6.45) is 1.08. The maximum absolute atomic E-state index is 11.1. The van der Waals surface area contributed by atoms with Crippen LogP contribution in [0.25, 0.3) is 0 Å². The molecule has 3 N–H and O–H groups in total. The zero-order chi connectivity index (χ0) is 27.5. The molecule has 0 saturated carbocycles. The topological polar surface area (TPSA) is 118 Å². The van der Waals surface area contributed by atoms with Gasteiger partial charge in [0.2, 0.25) is 0 Å². The van der Waals surface area contributed by atoms with Crippen molar-refractivity contribution in [3.8, 4) is 11.5 Å². The Hall–Kier alpha value is -4.40. The summed E-state index contributed by atoms with van der Waals surface area (Å²) in [5.41, 5.74) is 3.83. The van der Waals surface area contributed by atoms with Gasteiger partial charge in [-0.1, -0.05) is 48.5 Å². The largest absolute Gasteiger partial charge is 0.508 e. The second kappa shape index (κ2) is 13.9. The average Bonchev–Trinajstić information content (AvgIpc) is 2.92. The van der Waals surface area contributed by atoms with Gasteiger partial charge in [0.1, 0.15) is 5.75 Å². The number of fused-ring (bicyclic) bond motifs is 1. The molecule has 0 radical (unpaired) electrons. The Labute approximate surface area is 227 Å². The van der Waals surface area contributed by atoms with Gasteiger partial charge < -0.3 is 34.6 Å². The molecule has 1 atom stereocenters. The van der Waals surface area contributed by atoms with Crippen LogP contribution in [0.5, 0.6) is 11.5 Å². The first-order valence-electron chi connectivity index (χ1n) is 13.1. The van der Waals surface area contributed by atoms with Gasteiger partial charge in [0, 0.05) is 19.5 Å². The fourth-order valence-electron chi connectivity index (χ4n) is 4.46. The molecule has 39 heavy (non-hydrogen) atoms. The number of aliphatic carboxylic acids is 1. The van der Waals surface area contributed by atoms with Gasteiger partial charge >= 0.3 is 12.1 Å². The molecular formula is C30H34N2O7. The zero-order valence-electron chi connectivity index (χ0n) is 21.8. The minimum atomic E-state index is -1.43. The van der Waals surface area contributed by atoms with E-state index in [1.165, 1.54) is 5.56 Å². The van der Waals surface area contributed by atoms with Crippen LogP contribution in [0.2, 0.25) is 0 Å². The fraction of sp³-hybridized carbons (Fsp3) is 0.333. The molecule has 0 fully saturated rings. The number of para-hydroxylation sites is 1. The third-order valence-corrected chi connectivity index (χ3v) is 6.38. The SMILES string of the molecule is O=C(O)CCCN1CC(OC(=O)O)Oc2c(NCc3ccc(OCCCCc4ccccc4)cc3)cccc21. The summed E-state index contributed by atoms with van der Waals surface area (Å²) >= 11 is 0. The van der Waals surface area contributed by atoms with Gasteiger partial charge in [0.15, 0.2) is 5.75 Å². The number of hydrogen-bond acceptors (Lipinski definition) is 7. The number of ether oxygens (including phenoxy) is 3. The number of anilines is 2. The van der Waals surface area contributed by atoms with Crippen molar-refractivity contribution in [1.82, 2.24) is 0 Å². The number of rotatable bonds is 14. The van der Waals surface area contributed by atoms with Crippen molar-refractivity contribution in [2.24, 2.45) is 0 Å². The molecule has 0 spiro atoms. The second-order valence-corrected chi connectivity index (χ2v) is 9.32. The number of unbranched alkanes of at least 4 members (excludes halogenated alkanes) is 1. The maximum atomic E-state index is 11.1. The molecule has 0 bridgehead atoms. The molecule has 9 nitrogen and oxygen atoms in total. The molecule has 0 aliphatic carbocycles. The van der Waals surface area contributed by atoms with Gasteiger partial charge in [-0.15, -0.1) is 0 Å². The van der Waals surface area contributed by atoms with Gasteiger partial charge in [-0.25, -0.2) is 4.79 Å². The summed E-state index contributed by atoms with van der Waals surface area (Å²) in [5.74, 6) is 0.419. The van der Waals surface area contributed by atoms with Crippen molar-refractivity contribution < 1.29 is 34.0 Å². The van der Waals surface area contributed by atoms with Crippen molar-refractivity contribution in [1.29, 1.82) is 0 Å². The Kier molecular flexibility index (Phi) is 9.88. The monoisotopic (exact) mass is 534 g/mol. The van der Waals surface area contributed by atoms with E-state index in [0.717, 1.165) is 36.3 Å². The number of carboxylic acids is 1. The lowest BCUT2D eigenvalue weighted by Crippen LogP contribution is -2.43. The van der Waals surface area contributed by atoms with Gasteiger partial charge in [-0.2, -0.15) is 0 Å². The fourth-order valence-corrected chi connectivity index (χ4v) is 4.46. The summed E-state index contributed by atoms with van der Waals surface area (Å²) < 4.78 is 16.7. The summed E-state index contributed by atoms with van der Waals surface area (Å²) in [7, 11) is 0. The number of carbonyl (C=O) groups is 2. The van der Waals surface area contributed by atoms with Crippen LogP contribution in [0.4, 0.5) is 16.2 Å². The predicted octanol–water partition coefficient (Wildman–Crippen LogP) is 5.78.